The molecule has 0 radical (unpaired) electrons. The topological polar surface area (TPSA) is 77.7 Å². The molecule has 1 saturated heterocycles. The normalized spacial score (nSPS) is 19.2. The quantitative estimate of drug-likeness (QED) is 0.601. The third-order valence-electron chi connectivity index (χ3n) is 5.62. The van der Waals surface area contributed by atoms with E-state index >= 15 is 0 Å². The summed E-state index contributed by atoms with van der Waals surface area (Å²) in [5.74, 6) is 0.0130. The van der Waals surface area contributed by atoms with Crippen LogP contribution in [0.2, 0.25) is 0 Å². The molecule has 1 aliphatic carbocycles. The van der Waals surface area contributed by atoms with Gasteiger partial charge in [0.1, 0.15) is 11.6 Å². The Labute approximate surface area is 162 Å². The zero-order chi connectivity index (χ0) is 19.3. The van der Waals surface area contributed by atoms with Crippen LogP contribution in [-0.4, -0.2) is 44.6 Å². The van der Waals surface area contributed by atoms with Gasteiger partial charge in [0.25, 0.3) is 0 Å². The summed E-state index contributed by atoms with van der Waals surface area (Å²) in [4.78, 5) is 10.8. The molecule has 1 spiro atoms. The van der Waals surface area contributed by atoms with Gasteiger partial charge in [-0.05, 0) is 38.0 Å². The van der Waals surface area contributed by atoms with Crippen molar-refractivity contribution in [3.8, 4) is 0 Å². The van der Waals surface area contributed by atoms with Crippen molar-refractivity contribution in [1.29, 1.82) is 0 Å². The van der Waals surface area contributed by atoms with Crippen molar-refractivity contribution in [3.63, 3.8) is 0 Å². The third-order valence-corrected chi connectivity index (χ3v) is 5.62. The molecular weight excluding hydrogens is 359 g/mol. The Morgan fingerprint density at radius 3 is 2.96 bits per heavy atom. The van der Waals surface area contributed by atoms with Gasteiger partial charge in [0.05, 0.1) is 18.1 Å². The summed E-state index contributed by atoms with van der Waals surface area (Å²) in [6.07, 6.45) is 6.37. The molecule has 3 N–H and O–H groups in total. The number of imidazole rings is 1. The summed E-state index contributed by atoms with van der Waals surface area (Å²) in [6.45, 7) is 4.57. The maximum absolute atomic E-state index is 14.7. The summed E-state index contributed by atoms with van der Waals surface area (Å²) in [7, 11) is 0. The van der Waals surface area contributed by atoms with Gasteiger partial charge in [-0.3, -0.25) is 0 Å². The largest absolute Gasteiger partial charge is 0.369 e. The predicted octanol–water partition coefficient (Wildman–Crippen LogP) is 2.22. The van der Waals surface area contributed by atoms with Crippen molar-refractivity contribution < 1.29 is 9.50 Å². The summed E-state index contributed by atoms with van der Waals surface area (Å²) >= 11 is 0. The monoisotopic (exact) mass is 382 g/mol. The highest BCUT2D eigenvalue weighted by atomic mass is 19.1. The van der Waals surface area contributed by atoms with Gasteiger partial charge in [-0.2, -0.15) is 0 Å². The van der Waals surface area contributed by atoms with E-state index in [0.717, 1.165) is 36.7 Å². The van der Waals surface area contributed by atoms with Crippen LogP contribution in [0.5, 0.6) is 0 Å². The number of nitrogens with one attached hydrogen (secondary N) is 2. The van der Waals surface area contributed by atoms with E-state index in [1.807, 2.05) is 23.6 Å². The van der Waals surface area contributed by atoms with Crippen molar-refractivity contribution in [2.75, 3.05) is 29.9 Å². The Morgan fingerprint density at radius 1 is 1.32 bits per heavy atom. The number of nitrogens with zero attached hydrogens (tertiary/aromatic N) is 4. The molecule has 0 bridgehead atoms. The number of anilines is 2. The maximum atomic E-state index is 14.7. The lowest BCUT2D eigenvalue weighted by Crippen LogP contribution is -2.52. The fourth-order valence-electron chi connectivity index (χ4n) is 3.92. The van der Waals surface area contributed by atoms with Gasteiger partial charge in [-0.25, -0.2) is 14.4 Å². The van der Waals surface area contributed by atoms with Gasteiger partial charge >= 0.3 is 0 Å². The minimum atomic E-state index is -1.19. The Balaban J connectivity index is 1.33. The van der Waals surface area contributed by atoms with E-state index in [0.29, 0.717) is 5.82 Å². The van der Waals surface area contributed by atoms with Crippen molar-refractivity contribution in [2.24, 2.45) is 0 Å². The number of benzene rings is 1. The van der Waals surface area contributed by atoms with E-state index in [4.69, 9.17) is 0 Å². The standard InChI is InChI=1S/C20H23FN6O/c1-13-10-27-11-17(22-9-18(27)24-13)25-19(28)15-3-2-14(8-16(15)21)26-7-6-23-20(12-26)4-5-20/h2-3,8-11,19,23,25,28H,4-7,12H2,1H3. The van der Waals surface area contributed by atoms with Crippen molar-refractivity contribution in [1.82, 2.24) is 19.7 Å². The van der Waals surface area contributed by atoms with Crippen molar-refractivity contribution in [3.05, 3.63) is 53.9 Å². The maximum Gasteiger partial charge on any atom is 0.155 e. The summed E-state index contributed by atoms with van der Waals surface area (Å²) in [5, 5.41) is 16.9. The first-order valence-corrected chi connectivity index (χ1v) is 9.57. The molecule has 1 unspecified atom stereocenters. The molecule has 0 amide bonds. The van der Waals surface area contributed by atoms with E-state index in [2.05, 4.69) is 25.5 Å². The average Bonchev–Trinajstić information content (AvgIpc) is 3.30. The molecule has 1 atom stereocenters. The zero-order valence-corrected chi connectivity index (χ0v) is 15.7. The second-order valence-electron chi connectivity index (χ2n) is 7.80. The van der Waals surface area contributed by atoms with Crippen LogP contribution in [0.1, 0.15) is 30.3 Å². The number of hydrogen-bond acceptors (Lipinski definition) is 6. The van der Waals surface area contributed by atoms with E-state index in [9.17, 15) is 9.50 Å². The number of hydrogen-bond donors (Lipinski definition) is 3. The molecular formula is C20H23FN6O. The smallest absolute Gasteiger partial charge is 0.155 e. The van der Waals surface area contributed by atoms with Gasteiger partial charge < -0.3 is 25.0 Å². The fraction of sp³-hybridized carbons (Fsp3) is 0.400. The third kappa shape index (κ3) is 3.18. The van der Waals surface area contributed by atoms with Crippen LogP contribution in [0.4, 0.5) is 15.9 Å². The predicted molar refractivity (Wildman–Crippen MR) is 105 cm³/mol. The van der Waals surface area contributed by atoms with Gasteiger partial charge in [-0.1, -0.05) is 0 Å². The molecule has 146 valence electrons. The van der Waals surface area contributed by atoms with Gasteiger partial charge in [0, 0.05) is 42.6 Å². The molecule has 28 heavy (non-hydrogen) atoms. The first-order valence-electron chi connectivity index (χ1n) is 9.57. The SMILES string of the molecule is Cc1cn2cc(NC(O)c3ccc(N4CCNC5(CC5)C4)cc3F)ncc2n1. The average molecular weight is 382 g/mol. The summed E-state index contributed by atoms with van der Waals surface area (Å²) in [6, 6.07) is 5.03. The second kappa shape index (κ2) is 6.42. The van der Waals surface area contributed by atoms with Crippen LogP contribution >= 0.6 is 0 Å². The van der Waals surface area contributed by atoms with Crippen LogP contribution < -0.4 is 15.5 Å². The lowest BCUT2D eigenvalue weighted by atomic mass is 10.1. The Kier molecular flexibility index (Phi) is 3.99. The molecule has 7 nitrogen and oxygen atoms in total. The lowest BCUT2D eigenvalue weighted by molar-refractivity contribution is 0.202. The molecule has 3 aromatic rings. The van der Waals surface area contributed by atoms with E-state index in [1.54, 1.807) is 18.5 Å². The lowest BCUT2D eigenvalue weighted by Gasteiger charge is -2.35. The minimum absolute atomic E-state index is 0.198. The first-order chi connectivity index (χ1) is 13.5. The number of aryl methyl sites for hydroxylation is 1. The van der Waals surface area contributed by atoms with Crippen molar-refractivity contribution in [2.45, 2.75) is 31.5 Å². The van der Waals surface area contributed by atoms with Crippen LogP contribution in [0.25, 0.3) is 5.65 Å². The summed E-state index contributed by atoms with van der Waals surface area (Å²) in [5.41, 5.74) is 2.88. The number of halogens is 1. The van der Waals surface area contributed by atoms with Crippen LogP contribution in [0.15, 0.2) is 36.8 Å². The number of aliphatic hydroxyl groups excluding tert-OH is 1. The van der Waals surface area contributed by atoms with Crippen LogP contribution in [0.3, 0.4) is 0 Å². The van der Waals surface area contributed by atoms with Crippen molar-refractivity contribution >= 4 is 17.2 Å². The van der Waals surface area contributed by atoms with E-state index in [-0.39, 0.29) is 11.1 Å². The first kappa shape index (κ1) is 17.4. The molecule has 2 aromatic heterocycles. The highest BCUT2D eigenvalue weighted by molar-refractivity contribution is 5.51. The van der Waals surface area contributed by atoms with Crippen LogP contribution in [-0.2, 0) is 0 Å². The van der Waals surface area contributed by atoms with Gasteiger partial charge in [0.2, 0.25) is 0 Å². The molecule has 1 aromatic carbocycles. The Hall–Kier alpha value is -2.71. The molecule has 1 saturated carbocycles. The molecule has 2 fully saturated rings. The highest BCUT2D eigenvalue weighted by Crippen LogP contribution is 2.39. The van der Waals surface area contributed by atoms with Crippen LogP contribution in [0, 0.1) is 12.7 Å². The fourth-order valence-corrected chi connectivity index (χ4v) is 3.92. The van der Waals surface area contributed by atoms with E-state index in [1.165, 1.54) is 18.9 Å². The number of aromatic nitrogens is 3. The molecule has 8 heteroatoms. The zero-order valence-electron chi connectivity index (χ0n) is 15.7. The second-order valence-corrected chi connectivity index (χ2v) is 7.80. The van der Waals surface area contributed by atoms with Gasteiger partial charge in [-0.15, -0.1) is 0 Å². The number of piperazine rings is 1. The summed E-state index contributed by atoms with van der Waals surface area (Å²) < 4.78 is 16.6. The molecule has 1 aliphatic heterocycles. The minimum Gasteiger partial charge on any atom is -0.369 e. The molecule has 5 rings (SSSR count). The van der Waals surface area contributed by atoms with Gasteiger partial charge in [0.15, 0.2) is 11.9 Å². The molecule has 3 heterocycles. The Bertz CT molecular complexity index is 1030. The van der Waals surface area contributed by atoms with E-state index < -0.39 is 12.0 Å². The number of aliphatic hydroxyl groups is 1. The Morgan fingerprint density at radius 2 is 2.18 bits per heavy atom. The molecule has 2 aliphatic rings. The number of fused-ring (bicyclic) bond motifs is 1. The highest BCUT2D eigenvalue weighted by Gasteiger charge is 2.45. The number of rotatable bonds is 4.